The minimum absolute atomic E-state index is 0.210. The predicted molar refractivity (Wildman–Crippen MR) is 59.1 cm³/mol. The van der Waals surface area contributed by atoms with Crippen molar-refractivity contribution in [2.45, 2.75) is 58.9 Å². The van der Waals surface area contributed by atoms with Gasteiger partial charge in [0.15, 0.2) is 0 Å². The lowest BCUT2D eigenvalue weighted by molar-refractivity contribution is -0.138. The van der Waals surface area contributed by atoms with Crippen LogP contribution in [0.25, 0.3) is 0 Å². The van der Waals surface area contributed by atoms with Gasteiger partial charge in [-0.05, 0) is 32.1 Å². The molecule has 2 nitrogen and oxygen atoms in total. The Morgan fingerprint density at radius 1 is 1.43 bits per heavy atom. The number of amides is 1. The summed E-state index contributed by atoms with van der Waals surface area (Å²) in [5.41, 5.74) is 0. The standard InChI is InChI=1S/C12H23NO/c1-4-10(3)12(14)13-9-7-6-8-11(13)5-2/h10-11H,4-9H2,1-3H3/t10-,11+/m0/s1. The zero-order valence-electron chi connectivity index (χ0n) is 9.75. The number of piperidine rings is 1. The number of hydrogen-bond donors (Lipinski definition) is 0. The Bertz CT molecular complexity index is 191. The van der Waals surface area contributed by atoms with E-state index in [4.69, 9.17) is 0 Å². The third-order valence-corrected chi connectivity index (χ3v) is 3.42. The van der Waals surface area contributed by atoms with Crippen molar-refractivity contribution < 1.29 is 4.79 Å². The number of hydrogen-bond acceptors (Lipinski definition) is 1. The molecule has 0 spiro atoms. The van der Waals surface area contributed by atoms with Crippen LogP contribution in [0.2, 0.25) is 0 Å². The maximum absolute atomic E-state index is 12.0. The molecule has 0 bridgehead atoms. The summed E-state index contributed by atoms with van der Waals surface area (Å²) in [6.45, 7) is 7.31. The van der Waals surface area contributed by atoms with Crippen LogP contribution >= 0.6 is 0 Å². The molecule has 1 fully saturated rings. The van der Waals surface area contributed by atoms with Crippen molar-refractivity contribution in [3.05, 3.63) is 0 Å². The van der Waals surface area contributed by atoms with Crippen molar-refractivity contribution in [1.29, 1.82) is 0 Å². The molecule has 2 atom stereocenters. The fourth-order valence-electron chi connectivity index (χ4n) is 2.17. The van der Waals surface area contributed by atoms with Gasteiger partial charge in [-0.3, -0.25) is 4.79 Å². The van der Waals surface area contributed by atoms with Gasteiger partial charge >= 0.3 is 0 Å². The first-order valence-electron chi connectivity index (χ1n) is 6.01. The molecule has 1 rings (SSSR count). The van der Waals surface area contributed by atoms with Crippen molar-refractivity contribution in [1.82, 2.24) is 4.90 Å². The lowest BCUT2D eigenvalue weighted by Crippen LogP contribution is -2.45. The summed E-state index contributed by atoms with van der Waals surface area (Å²) in [4.78, 5) is 14.1. The van der Waals surface area contributed by atoms with Gasteiger partial charge in [0.1, 0.15) is 0 Å². The van der Waals surface area contributed by atoms with Gasteiger partial charge < -0.3 is 4.90 Å². The molecule has 0 N–H and O–H groups in total. The molecule has 0 aromatic carbocycles. The molecular formula is C12H23NO. The number of carbonyl (C=O) groups excluding carboxylic acids is 1. The summed E-state index contributed by atoms with van der Waals surface area (Å²) in [5.74, 6) is 0.584. The van der Waals surface area contributed by atoms with E-state index in [9.17, 15) is 4.79 Å². The third-order valence-electron chi connectivity index (χ3n) is 3.42. The molecule has 1 saturated heterocycles. The maximum Gasteiger partial charge on any atom is 0.225 e. The fourth-order valence-corrected chi connectivity index (χ4v) is 2.17. The zero-order chi connectivity index (χ0) is 10.6. The van der Waals surface area contributed by atoms with Crippen molar-refractivity contribution >= 4 is 5.91 Å². The average molecular weight is 197 g/mol. The Morgan fingerprint density at radius 2 is 2.14 bits per heavy atom. The highest BCUT2D eigenvalue weighted by Crippen LogP contribution is 2.22. The minimum Gasteiger partial charge on any atom is -0.340 e. The second-order valence-corrected chi connectivity index (χ2v) is 4.40. The molecule has 0 unspecified atom stereocenters. The van der Waals surface area contributed by atoms with Crippen LogP contribution in [-0.2, 0) is 4.79 Å². The van der Waals surface area contributed by atoms with Crippen LogP contribution in [0.15, 0.2) is 0 Å². The van der Waals surface area contributed by atoms with E-state index in [0.29, 0.717) is 11.9 Å². The van der Waals surface area contributed by atoms with E-state index in [-0.39, 0.29) is 5.92 Å². The fraction of sp³-hybridized carbons (Fsp3) is 0.917. The summed E-state index contributed by atoms with van der Waals surface area (Å²) in [5, 5.41) is 0. The van der Waals surface area contributed by atoms with Gasteiger partial charge in [-0.2, -0.15) is 0 Å². The Hall–Kier alpha value is -0.530. The normalized spacial score (nSPS) is 24.8. The summed E-state index contributed by atoms with van der Waals surface area (Å²) in [6.07, 6.45) is 5.77. The quantitative estimate of drug-likeness (QED) is 0.681. The van der Waals surface area contributed by atoms with E-state index in [1.807, 2.05) is 6.92 Å². The van der Waals surface area contributed by atoms with Gasteiger partial charge in [0.05, 0.1) is 0 Å². The molecule has 1 amide bonds. The van der Waals surface area contributed by atoms with E-state index in [0.717, 1.165) is 19.4 Å². The van der Waals surface area contributed by atoms with Gasteiger partial charge in [-0.15, -0.1) is 0 Å². The first-order valence-corrected chi connectivity index (χ1v) is 6.01. The Kier molecular flexibility index (Phi) is 4.43. The second kappa shape index (κ2) is 5.38. The predicted octanol–water partition coefficient (Wildman–Crippen LogP) is 2.82. The van der Waals surface area contributed by atoms with Gasteiger partial charge in [-0.25, -0.2) is 0 Å². The Morgan fingerprint density at radius 3 is 2.71 bits per heavy atom. The van der Waals surface area contributed by atoms with E-state index in [1.54, 1.807) is 0 Å². The first-order chi connectivity index (χ1) is 6.70. The van der Waals surface area contributed by atoms with Crippen molar-refractivity contribution in [2.24, 2.45) is 5.92 Å². The highest BCUT2D eigenvalue weighted by atomic mass is 16.2. The van der Waals surface area contributed by atoms with E-state index in [2.05, 4.69) is 18.7 Å². The minimum atomic E-state index is 0.210. The number of rotatable bonds is 3. The van der Waals surface area contributed by atoms with Crippen LogP contribution in [0, 0.1) is 5.92 Å². The lowest BCUT2D eigenvalue weighted by atomic mass is 9.97. The SMILES string of the molecule is CC[C@@H]1CCCCN1C(=O)[C@@H](C)CC. The molecule has 14 heavy (non-hydrogen) atoms. The molecule has 0 aromatic rings. The third kappa shape index (κ3) is 2.49. The average Bonchev–Trinajstić information content (AvgIpc) is 2.26. The molecule has 2 heteroatoms. The van der Waals surface area contributed by atoms with Gasteiger partial charge in [0.2, 0.25) is 5.91 Å². The van der Waals surface area contributed by atoms with E-state index in [1.165, 1.54) is 19.3 Å². The van der Waals surface area contributed by atoms with Gasteiger partial charge in [-0.1, -0.05) is 20.8 Å². The smallest absolute Gasteiger partial charge is 0.225 e. The highest BCUT2D eigenvalue weighted by Gasteiger charge is 2.27. The molecule has 82 valence electrons. The molecule has 0 radical (unpaired) electrons. The zero-order valence-corrected chi connectivity index (χ0v) is 9.75. The topological polar surface area (TPSA) is 20.3 Å². The number of nitrogens with zero attached hydrogens (tertiary/aromatic N) is 1. The Balaban J connectivity index is 2.58. The van der Waals surface area contributed by atoms with Crippen LogP contribution in [0.1, 0.15) is 52.9 Å². The monoisotopic (exact) mass is 197 g/mol. The molecular weight excluding hydrogens is 174 g/mol. The van der Waals surface area contributed by atoms with Crippen molar-refractivity contribution in [3.63, 3.8) is 0 Å². The molecule has 1 aliphatic rings. The maximum atomic E-state index is 12.0. The summed E-state index contributed by atoms with van der Waals surface area (Å²) < 4.78 is 0. The van der Waals surface area contributed by atoms with Crippen LogP contribution in [0.5, 0.6) is 0 Å². The second-order valence-electron chi connectivity index (χ2n) is 4.40. The molecule has 0 aliphatic carbocycles. The van der Waals surface area contributed by atoms with Crippen molar-refractivity contribution in [2.75, 3.05) is 6.54 Å². The largest absolute Gasteiger partial charge is 0.340 e. The van der Waals surface area contributed by atoms with Gasteiger partial charge in [0, 0.05) is 18.5 Å². The van der Waals surface area contributed by atoms with E-state index >= 15 is 0 Å². The number of carbonyl (C=O) groups is 1. The summed E-state index contributed by atoms with van der Waals surface area (Å²) >= 11 is 0. The molecule has 1 heterocycles. The Labute approximate surface area is 87.7 Å². The van der Waals surface area contributed by atoms with Crippen LogP contribution in [-0.4, -0.2) is 23.4 Å². The van der Waals surface area contributed by atoms with Gasteiger partial charge in [0.25, 0.3) is 0 Å². The highest BCUT2D eigenvalue weighted by molar-refractivity contribution is 5.78. The number of likely N-dealkylation sites (tertiary alicyclic amines) is 1. The molecule has 0 saturated carbocycles. The summed E-state index contributed by atoms with van der Waals surface area (Å²) in [7, 11) is 0. The lowest BCUT2D eigenvalue weighted by Gasteiger charge is -2.36. The van der Waals surface area contributed by atoms with Crippen LogP contribution < -0.4 is 0 Å². The van der Waals surface area contributed by atoms with Crippen molar-refractivity contribution in [3.8, 4) is 0 Å². The summed E-state index contributed by atoms with van der Waals surface area (Å²) in [6, 6.07) is 0.519. The van der Waals surface area contributed by atoms with E-state index < -0.39 is 0 Å². The van der Waals surface area contributed by atoms with Crippen LogP contribution in [0.3, 0.4) is 0 Å². The van der Waals surface area contributed by atoms with Crippen LogP contribution in [0.4, 0.5) is 0 Å². The molecule has 1 aliphatic heterocycles. The first kappa shape index (κ1) is 11.5. The molecule has 0 aromatic heterocycles.